The fourth-order valence-electron chi connectivity index (χ4n) is 7.89. The number of nitrogens with two attached hydrogens (primary N) is 3. The fourth-order valence-corrected chi connectivity index (χ4v) is 9.37. The molecule has 0 bridgehead atoms. The van der Waals surface area contributed by atoms with Crippen molar-refractivity contribution in [2.45, 2.75) is 48.0 Å². The van der Waals surface area contributed by atoms with E-state index in [0.29, 0.717) is 55.0 Å². The van der Waals surface area contributed by atoms with E-state index in [9.17, 15) is 92.0 Å². The second-order valence-corrected chi connectivity index (χ2v) is 21.9. The molecule has 0 unspecified atom stereocenters. The van der Waals surface area contributed by atoms with E-state index in [1.165, 1.54) is 82.7 Å². The first-order valence-electron chi connectivity index (χ1n) is 28.0. The molecule has 17 N–H and O–H groups in total. The van der Waals surface area contributed by atoms with Gasteiger partial charge in [0.05, 0.1) is 63.8 Å². The smallest absolute Gasteiger partial charge is 0.305 e. The minimum atomic E-state index is -4.02. The molecule has 1 aliphatic rings. The van der Waals surface area contributed by atoms with Crippen molar-refractivity contribution >= 4 is 137 Å². The molecule has 8 aromatic rings. The summed E-state index contributed by atoms with van der Waals surface area (Å²) in [5, 5.41) is 34.4. The number of nitrogens with zero attached hydrogens (tertiary/aromatic N) is 6. The lowest BCUT2D eigenvalue weighted by Gasteiger charge is -2.18. The van der Waals surface area contributed by atoms with Crippen molar-refractivity contribution in [1.82, 2.24) is 24.2 Å². The average molecular weight is 1480 g/mol. The monoisotopic (exact) mass is 1470 g/mol. The maximum atomic E-state index is 14.8. The molecule has 0 aliphatic carbocycles. The third kappa shape index (κ3) is 24.6. The molecule has 542 valence electrons. The standard InChI is InChI=1S/C18H19F2N5O4S.C14H10F2N4O4.C14H12F2N4O2.C7H4ClF2NO2.C7H9N3O.CH4.H2O/c1-11(26)22-15-7-4-12(10-21-15)23-18(27)16-13(19)5-6-14(17(16)20)24-30(28,29)25-8-2-3-9-25;1-7(21)18-11-5-2-8(6-17-11)19-14(22)12-9(15)3-4-10(13(12)16)20(23)24;1-7(21)19-11-5-2-8(6-18-11)20-14(22)12-9(15)3-4-10(17)13(12)16;8-7(12)5-3(9)1-2-4(11-13)6(5)10;1-5(11)10-7-3-2-6(8)4-9-7;;/h4-7,10,24H,2-3,8-9H2,1H3,(H,23,27)(H,21,22,26);2-6H,1H3,(H,19,22)(H,17,18,21);2-6H,17H2,1H3,(H,20,22)(H,18,19,21);1-2,11,13H;2-4H,8H2,1H3,(H,9,10,11);1H4;1H2/p+1. The van der Waals surface area contributed by atoms with Crippen molar-refractivity contribution in [2.75, 3.05) is 66.5 Å². The molecule has 9 rings (SSSR count). The number of nitrogens with one attached hydrogen (secondary N) is 8. The molecule has 4 aromatic heterocycles. The van der Waals surface area contributed by atoms with Gasteiger partial charge in [0.25, 0.3) is 23.0 Å². The van der Waals surface area contributed by atoms with Crippen LogP contribution >= 0.6 is 11.6 Å². The van der Waals surface area contributed by atoms with E-state index in [1.807, 2.05) is 0 Å². The zero-order valence-electron chi connectivity index (χ0n) is 52.4. The van der Waals surface area contributed by atoms with Gasteiger partial charge in [-0.3, -0.25) is 53.2 Å². The number of nitro benzene ring substituents is 1. The molecular weight excluding hydrogens is 1410 g/mol. The summed E-state index contributed by atoms with van der Waals surface area (Å²) >= 11 is 4.93. The number of halogens is 9. The van der Waals surface area contributed by atoms with Crippen molar-refractivity contribution in [1.29, 1.82) is 0 Å². The Morgan fingerprint density at radius 1 is 0.510 bits per heavy atom. The number of benzene rings is 4. The normalized spacial score (nSPS) is 11.1. The van der Waals surface area contributed by atoms with Gasteiger partial charge in [-0.2, -0.15) is 27.0 Å². The lowest BCUT2D eigenvalue weighted by Crippen LogP contribution is -2.74. The topological polar surface area (TPSA) is 485 Å². The molecule has 102 heavy (non-hydrogen) atoms. The van der Waals surface area contributed by atoms with E-state index < -0.39 is 118 Å². The lowest BCUT2D eigenvalue weighted by atomic mass is 10.1. The number of nitro groups is 1. The average Bonchev–Trinajstić information content (AvgIpc) is 1.10. The van der Waals surface area contributed by atoms with E-state index >= 15 is 0 Å². The van der Waals surface area contributed by atoms with E-state index in [4.69, 9.17) is 28.3 Å². The highest BCUT2D eigenvalue weighted by atomic mass is 35.5. The highest BCUT2D eigenvalue weighted by molar-refractivity contribution is 7.90. The maximum absolute atomic E-state index is 14.8. The Kier molecular flexibility index (Phi) is 31.9. The van der Waals surface area contributed by atoms with Crippen LogP contribution in [0, 0.1) is 56.7 Å². The summed E-state index contributed by atoms with van der Waals surface area (Å²) in [5.41, 5.74) is 6.31. The highest BCUT2D eigenvalue weighted by Crippen LogP contribution is 2.28. The molecule has 1 saturated heterocycles. The van der Waals surface area contributed by atoms with Gasteiger partial charge in [0.1, 0.15) is 68.8 Å². The van der Waals surface area contributed by atoms with Gasteiger partial charge in [0.2, 0.25) is 35.3 Å². The predicted octanol–water partition coefficient (Wildman–Crippen LogP) is 8.32. The largest absolute Gasteiger partial charge is 0.412 e. The lowest BCUT2D eigenvalue weighted by molar-refractivity contribution is -0.826. The van der Waals surface area contributed by atoms with E-state index in [2.05, 4.69) is 61.9 Å². The molecular formula is C61H61ClF8N17O14S+. The molecule has 0 atom stereocenters. The molecule has 31 nitrogen and oxygen atoms in total. The van der Waals surface area contributed by atoms with Gasteiger partial charge < -0.3 is 54.2 Å². The van der Waals surface area contributed by atoms with Gasteiger partial charge in [-0.1, -0.05) is 7.43 Å². The first-order valence-corrected chi connectivity index (χ1v) is 29.8. The van der Waals surface area contributed by atoms with Crippen LogP contribution in [0.25, 0.3) is 0 Å². The van der Waals surface area contributed by atoms with Crippen molar-refractivity contribution < 1.29 is 103 Å². The van der Waals surface area contributed by atoms with Gasteiger partial charge in [0, 0.05) is 52.9 Å². The Labute approximate surface area is 577 Å². The van der Waals surface area contributed by atoms with Crippen LogP contribution in [0.5, 0.6) is 0 Å². The Morgan fingerprint density at radius 3 is 1.24 bits per heavy atom. The van der Waals surface area contributed by atoms with Crippen LogP contribution in [0.15, 0.2) is 122 Å². The van der Waals surface area contributed by atoms with Crippen molar-refractivity contribution in [3.8, 4) is 0 Å². The van der Waals surface area contributed by atoms with Crippen LogP contribution in [-0.2, 0) is 29.4 Å². The summed E-state index contributed by atoms with van der Waals surface area (Å²) in [6.45, 7) is 5.93. The van der Waals surface area contributed by atoms with Gasteiger partial charge in [-0.25, -0.2) is 51.5 Å². The second-order valence-electron chi connectivity index (χ2n) is 19.9. The number of quaternary nitrogens is 1. The summed E-state index contributed by atoms with van der Waals surface area (Å²) in [6, 6.07) is 18.4. The first kappa shape index (κ1) is 84.0. The van der Waals surface area contributed by atoms with E-state index in [1.54, 1.807) is 12.1 Å². The van der Waals surface area contributed by atoms with Gasteiger partial charge >= 0.3 is 15.9 Å². The quantitative estimate of drug-likeness (QED) is 0.0142. The third-order valence-corrected chi connectivity index (χ3v) is 14.0. The Morgan fingerprint density at radius 2 is 0.873 bits per heavy atom. The highest BCUT2D eigenvalue weighted by Gasteiger charge is 2.30. The van der Waals surface area contributed by atoms with Crippen LogP contribution in [-0.4, -0.2) is 108 Å². The Hall–Kier alpha value is -12.2. The van der Waals surface area contributed by atoms with E-state index in [-0.39, 0.29) is 82.4 Å². The Balaban J connectivity index is 0.000000343. The molecule has 7 amide bonds. The van der Waals surface area contributed by atoms with Gasteiger partial charge in [0.15, 0.2) is 17.3 Å². The zero-order valence-corrected chi connectivity index (χ0v) is 54.0. The minimum Gasteiger partial charge on any atom is -0.412 e. The van der Waals surface area contributed by atoms with Crippen LogP contribution in [0.2, 0.25) is 0 Å². The number of anilines is 10. The SMILES string of the molecule is C.CC(=O)Nc1ccc(N)cn1.CC(=O)Nc1ccc(NC(=O)c2c(F)ccc(N)c2F)cn1.CC(=O)Nc1ccc(NC(=O)c2c(F)ccc(NS(=O)(=O)N3CCCC3)c2F)cn1.CC(=O)Nc1ccc(NC(=O)c2c(F)ccc([N+](=O)[O-])c2F)cn1.O.O=C(Cl)c1c(F)ccc([NH2+]O)c1F. The number of pyridine rings is 4. The zero-order chi connectivity index (χ0) is 74.3. The van der Waals surface area contributed by atoms with Crippen LogP contribution in [0.4, 0.5) is 104 Å². The first-order chi connectivity index (χ1) is 47.1. The number of rotatable bonds is 16. The number of aromatic nitrogens is 4. The number of hydrogen-bond acceptors (Lipinski definition) is 19. The summed E-state index contributed by atoms with van der Waals surface area (Å²) in [6.07, 6.45) is 6.45. The van der Waals surface area contributed by atoms with E-state index in [0.717, 1.165) is 46.9 Å². The summed E-state index contributed by atoms with van der Waals surface area (Å²) in [5.74, 6) is -12.8. The molecule has 1 fully saturated rings. The number of amides is 7. The number of carbonyl (C=O) groups excluding carboxylic acids is 8. The van der Waals surface area contributed by atoms with Crippen molar-refractivity contribution in [2.24, 2.45) is 0 Å². The summed E-state index contributed by atoms with van der Waals surface area (Å²) in [7, 11) is -4.02. The molecule has 1 aliphatic heterocycles. The fraction of sp³-hybridized carbons (Fsp3) is 0.148. The van der Waals surface area contributed by atoms with Crippen LogP contribution in [0.1, 0.15) is 89.4 Å². The molecule has 5 heterocycles. The second kappa shape index (κ2) is 38.8. The molecule has 0 radical (unpaired) electrons. The molecule has 0 saturated carbocycles. The van der Waals surface area contributed by atoms with Crippen LogP contribution in [0.3, 0.4) is 0 Å². The molecule has 41 heteroatoms. The van der Waals surface area contributed by atoms with Gasteiger partial charge in [-0.15, -0.1) is 0 Å². The third-order valence-electron chi connectivity index (χ3n) is 12.3. The van der Waals surface area contributed by atoms with Gasteiger partial charge in [-0.05, 0) is 109 Å². The maximum Gasteiger partial charge on any atom is 0.305 e. The number of hydrogen-bond donors (Lipinski definition) is 12. The number of nitrogen functional groups attached to an aromatic ring is 2. The summed E-state index contributed by atoms with van der Waals surface area (Å²) in [4.78, 5) is 115. The summed E-state index contributed by atoms with van der Waals surface area (Å²) < 4.78 is 138. The molecule has 0 spiro atoms. The van der Waals surface area contributed by atoms with Crippen LogP contribution < -0.4 is 58.9 Å². The minimum absolute atomic E-state index is 0. The Bertz CT molecular complexity index is 4500. The van der Waals surface area contributed by atoms with Crippen molar-refractivity contribution in [3.05, 3.63) is 201 Å². The van der Waals surface area contributed by atoms with Crippen molar-refractivity contribution in [3.63, 3.8) is 0 Å². The predicted molar refractivity (Wildman–Crippen MR) is 356 cm³/mol. The molecule has 4 aromatic carbocycles. The number of carbonyl (C=O) groups is 8.